The number of nitrogens with zero attached hydrogens (tertiary/aromatic N) is 1. The van der Waals surface area contributed by atoms with Crippen LogP contribution in [0.2, 0.25) is 0 Å². The number of carbonyl (C=O) groups excluding carboxylic acids is 1. The predicted molar refractivity (Wildman–Crippen MR) is 95.4 cm³/mol. The number of hydrogen-bond acceptors (Lipinski definition) is 1. The summed E-state index contributed by atoms with van der Waals surface area (Å²) in [5, 5.41) is 3.16. The van der Waals surface area contributed by atoms with Gasteiger partial charge < -0.3 is 10.2 Å². The van der Waals surface area contributed by atoms with Crippen LogP contribution in [0.25, 0.3) is 0 Å². The number of carbonyl (C=O) groups is 1. The minimum atomic E-state index is -0.0109. The van der Waals surface area contributed by atoms with Gasteiger partial charge in [-0.05, 0) is 24.0 Å². The highest BCUT2D eigenvalue weighted by molar-refractivity contribution is 5.74. The van der Waals surface area contributed by atoms with Crippen molar-refractivity contribution in [3.05, 3.63) is 71.8 Å². The molecule has 1 N–H and O–H groups in total. The summed E-state index contributed by atoms with van der Waals surface area (Å²) in [5.41, 5.74) is 2.42. The van der Waals surface area contributed by atoms with Gasteiger partial charge in [0.15, 0.2) is 0 Å². The minimum Gasteiger partial charge on any atom is -0.331 e. The number of likely N-dealkylation sites (N-methyl/N-ethyl adjacent to an activating group) is 1. The maximum absolute atomic E-state index is 12.4. The van der Waals surface area contributed by atoms with Crippen molar-refractivity contribution in [2.24, 2.45) is 0 Å². The molecule has 2 amide bonds. The Morgan fingerprint density at radius 2 is 1.65 bits per heavy atom. The highest BCUT2D eigenvalue weighted by atomic mass is 16.2. The normalized spacial score (nSPS) is 11.7. The van der Waals surface area contributed by atoms with E-state index in [0.29, 0.717) is 6.54 Å². The van der Waals surface area contributed by atoms with Crippen molar-refractivity contribution in [3.8, 4) is 0 Å². The number of amides is 2. The molecule has 122 valence electrons. The van der Waals surface area contributed by atoms with Crippen LogP contribution in [0.1, 0.15) is 36.9 Å². The monoisotopic (exact) mass is 310 g/mol. The lowest BCUT2D eigenvalue weighted by atomic mass is 10.0. The molecule has 23 heavy (non-hydrogen) atoms. The van der Waals surface area contributed by atoms with E-state index in [2.05, 4.69) is 36.5 Å². The third-order valence-corrected chi connectivity index (χ3v) is 4.00. The number of rotatable bonds is 7. The Hall–Kier alpha value is -2.29. The van der Waals surface area contributed by atoms with E-state index in [1.165, 1.54) is 11.1 Å². The molecule has 0 aliphatic heterocycles. The molecule has 2 aromatic rings. The Kier molecular flexibility index (Phi) is 6.67. The van der Waals surface area contributed by atoms with Crippen LogP contribution in [-0.4, -0.2) is 24.5 Å². The molecule has 0 fully saturated rings. The van der Waals surface area contributed by atoms with E-state index in [1.807, 2.05) is 43.4 Å². The van der Waals surface area contributed by atoms with Crippen molar-refractivity contribution in [2.75, 3.05) is 13.6 Å². The average Bonchev–Trinajstić information content (AvgIpc) is 2.61. The van der Waals surface area contributed by atoms with Gasteiger partial charge in [-0.1, -0.05) is 74.0 Å². The zero-order chi connectivity index (χ0) is 16.5. The molecule has 0 aromatic heterocycles. The lowest BCUT2D eigenvalue weighted by Gasteiger charge is -2.24. The minimum absolute atomic E-state index is 0.0109. The molecule has 0 saturated carbocycles. The molecular weight excluding hydrogens is 284 g/mol. The molecule has 1 unspecified atom stereocenters. The van der Waals surface area contributed by atoms with Crippen LogP contribution in [0, 0.1) is 0 Å². The summed E-state index contributed by atoms with van der Waals surface area (Å²) in [5.74, 6) is 0. The van der Waals surface area contributed by atoms with Gasteiger partial charge in [-0.15, -0.1) is 0 Å². The fourth-order valence-electron chi connectivity index (χ4n) is 2.60. The molecule has 0 saturated heterocycles. The Balaban J connectivity index is 1.90. The van der Waals surface area contributed by atoms with Gasteiger partial charge >= 0.3 is 6.03 Å². The van der Waals surface area contributed by atoms with Gasteiger partial charge in [-0.3, -0.25) is 0 Å². The first kappa shape index (κ1) is 17.1. The van der Waals surface area contributed by atoms with E-state index in [4.69, 9.17) is 0 Å². The van der Waals surface area contributed by atoms with Crippen molar-refractivity contribution in [1.29, 1.82) is 0 Å². The molecule has 0 bridgehead atoms. The van der Waals surface area contributed by atoms with Crippen LogP contribution in [0.4, 0.5) is 4.79 Å². The molecule has 2 aromatic carbocycles. The second-order valence-corrected chi connectivity index (χ2v) is 5.86. The fraction of sp³-hybridized carbons (Fsp3) is 0.350. The first-order valence-electron chi connectivity index (χ1n) is 8.31. The molecule has 0 aliphatic carbocycles. The number of urea groups is 1. The quantitative estimate of drug-likeness (QED) is 0.807. The Morgan fingerprint density at radius 3 is 2.26 bits per heavy atom. The summed E-state index contributed by atoms with van der Waals surface area (Å²) in [7, 11) is 1.85. The van der Waals surface area contributed by atoms with Gasteiger partial charge in [0.25, 0.3) is 0 Å². The van der Waals surface area contributed by atoms with Crippen molar-refractivity contribution in [1.82, 2.24) is 10.2 Å². The number of benzene rings is 2. The van der Waals surface area contributed by atoms with E-state index in [0.717, 1.165) is 19.3 Å². The average molecular weight is 310 g/mol. The highest BCUT2D eigenvalue weighted by Crippen LogP contribution is 2.18. The first-order chi connectivity index (χ1) is 11.2. The molecule has 0 radical (unpaired) electrons. The maximum Gasteiger partial charge on any atom is 0.317 e. The van der Waals surface area contributed by atoms with Gasteiger partial charge in [-0.2, -0.15) is 0 Å². The van der Waals surface area contributed by atoms with Crippen LogP contribution in [0.5, 0.6) is 0 Å². The smallest absolute Gasteiger partial charge is 0.317 e. The zero-order valence-corrected chi connectivity index (χ0v) is 14.0. The number of nitrogens with one attached hydrogen (secondary N) is 1. The lowest BCUT2D eigenvalue weighted by Crippen LogP contribution is -2.40. The van der Waals surface area contributed by atoms with E-state index in [-0.39, 0.29) is 12.1 Å². The van der Waals surface area contributed by atoms with Crippen molar-refractivity contribution < 1.29 is 4.79 Å². The molecule has 1 atom stereocenters. The Morgan fingerprint density at radius 1 is 1.04 bits per heavy atom. The summed E-state index contributed by atoms with van der Waals surface area (Å²) in [6.07, 6.45) is 2.85. The van der Waals surface area contributed by atoms with Gasteiger partial charge in [0, 0.05) is 13.6 Å². The highest BCUT2D eigenvalue weighted by Gasteiger charge is 2.16. The standard InChI is InChI=1S/C20H26N2O/c1-3-10-19(18-13-8-5-9-14-18)21-20(23)22(2)16-15-17-11-6-4-7-12-17/h4-9,11-14,19H,3,10,15-16H2,1-2H3,(H,21,23). The molecule has 2 rings (SSSR count). The van der Waals surface area contributed by atoms with Crippen LogP contribution < -0.4 is 5.32 Å². The second kappa shape index (κ2) is 8.99. The Labute approximate surface area is 139 Å². The third-order valence-electron chi connectivity index (χ3n) is 4.00. The van der Waals surface area contributed by atoms with Crippen molar-refractivity contribution in [3.63, 3.8) is 0 Å². The topological polar surface area (TPSA) is 32.3 Å². The van der Waals surface area contributed by atoms with E-state index >= 15 is 0 Å². The largest absolute Gasteiger partial charge is 0.331 e. The van der Waals surface area contributed by atoms with Crippen molar-refractivity contribution in [2.45, 2.75) is 32.2 Å². The molecule has 3 heteroatoms. The van der Waals surface area contributed by atoms with Crippen LogP contribution in [0.3, 0.4) is 0 Å². The summed E-state index contributed by atoms with van der Waals surface area (Å²) >= 11 is 0. The van der Waals surface area contributed by atoms with Gasteiger partial charge in [0.2, 0.25) is 0 Å². The van der Waals surface area contributed by atoms with Gasteiger partial charge in [0.05, 0.1) is 6.04 Å². The molecule has 3 nitrogen and oxygen atoms in total. The number of hydrogen-bond donors (Lipinski definition) is 1. The van der Waals surface area contributed by atoms with Gasteiger partial charge in [0.1, 0.15) is 0 Å². The van der Waals surface area contributed by atoms with Crippen molar-refractivity contribution >= 4 is 6.03 Å². The summed E-state index contributed by atoms with van der Waals surface area (Å²) in [4.78, 5) is 14.2. The molecule has 0 spiro atoms. The summed E-state index contributed by atoms with van der Waals surface area (Å²) < 4.78 is 0. The molecule has 0 heterocycles. The first-order valence-corrected chi connectivity index (χ1v) is 8.31. The van der Waals surface area contributed by atoms with E-state index in [9.17, 15) is 4.79 Å². The van der Waals surface area contributed by atoms with E-state index < -0.39 is 0 Å². The SMILES string of the molecule is CCCC(NC(=O)N(C)CCc1ccccc1)c1ccccc1. The second-order valence-electron chi connectivity index (χ2n) is 5.86. The van der Waals surface area contributed by atoms with Crippen LogP contribution in [0.15, 0.2) is 60.7 Å². The predicted octanol–water partition coefficient (Wildman–Crippen LogP) is 4.41. The Bertz CT molecular complexity index is 583. The third kappa shape index (κ3) is 5.44. The zero-order valence-electron chi connectivity index (χ0n) is 14.0. The molecular formula is C20H26N2O. The fourth-order valence-corrected chi connectivity index (χ4v) is 2.60. The van der Waals surface area contributed by atoms with Crippen LogP contribution in [-0.2, 0) is 6.42 Å². The lowest BCUT2D eigenvalue weighted by molar-refractivity contribution is 0.204. The summed E-state index contributed by atoms with van der Waals surface area (Å²) in [6.45, 7) is 2.85. The summed E-state index contributed by atoms with van der Waals surface area (Å²) in [6, 6.07) is 20.5. The van der Waals surface area contributed by atoms with E-state index in [1.54, 1.807) is 4.90 Å². The maximum atomic E-state index is 12.4. The molecule has 0 aliphatic rings. The van der Waals surface area contributed by atoms with Gasteiger partial charge in [-0.25, -0.2) is 4.79 Å². The van der Waals surface area contributed by atoms with Crippen LogP contribution >= 0.6 is 0 Å².